The quantitative estimate of drug-likeness (QED) is 0.755. The monoisotopic (exact) mass is 315 g/mol. The van der Waals surface area contributed by atoms with Gasteiger partial charge >= 0.3 is 0 Å². The van der Waals surface area contributed by atoms with Gasteiger partial charge in [0.15, 0.2) is 11.5 Å². The second-order valence-electron chi connectivity index (χ2n) is 4.87. The van der Waals surface area contributed by atoms with E-state index < -0.39 is 10.8 Å². The summed E-state index contributed by atoms with van der Waals surface area (Å²) in [5, 5.41) is 3.41. The summed E-state index contributed by atoms with van der Waals surface area (Å²) in [6, 6.07) is 4.02. The van der Waals surface area contributed by atoms with E-state index in [1.165, 1.54) is 0 Å². The van der Waals surface area contributed by atoms with Gasteiger partial charge in [-0.3, -0.25) is 4.21 Å². The molecule has 0 saturated heterocycles. The fraction of sp³-hybridized carbons (Fsp3) is 0.600. The summed E-state index contributed by atoms with van der Waals surface area (Å²) < 4.78 is 27.1. The zero-order chi connectivity index (χ0) is 15.8. The highest BCUT2D eigenvalue weighted by atomic mass is 32.2. The molecule has 0 saturated carbocycles. The van der Waals surface area contributed by atoms with Crippen LogP contribution in [0, 0.1) is 0 Å². The second-order valence-corrected chi connectivity index (χ2v) is 6.42. The molecular weight excluding hydrogens is 290 g/mol. The maximum absolute atomic E-state index is 11.1. The summed E-state index contributed by atoms with van der Waals surface area (Å²) in [6.07, 6.45) is 2.60. The van der Waals surface area contributed by atoms with Crippen molar-refractivity contribution in [1.29, 1.82) is 0 Å². The predicted molar refractivity (Wildman–Crippen MR) is 86.0 cm³/mol. The summed E-state index contributed by atoms with van der Waals surface area (Å²) in [5.41, 5.74) is 1.000. The number of nitrogens with one attached hydrogen (secondary N) is 1. The summed E-state index contributed by atoms with van der Waals surface area (Å²) in [6.45, 7) is 2.74. The van der Waals surface area contributed by atoms with E-state index >= 15 is 0 Å². The first-order chi connectivity index (χ1) is 10.0. The Balaban J connectivity index is 2.75. The van der Waals surface area contributed by atoms with E-state index in [9.17, 15) is 4.21 Å². The zero-order valence-corrected chi connectivity index (χ0v) is 14.2. The van der Waals surface area contributed by atoms with Gasteiger partial charge in [0.2, 0.25) is 0 Å². The highest BCUT2D eigenvalue weighted by Gasteiger charge is 2.12. The van der Waals surface area contributed by atoms with Crippen molar-refractivity contribution in [2.24, 2.45) is 0 Å². The summed E-state index contributed by atoms with van der Waals surface area (Å²) in [7, 11) is 4.09. The van der Waals surface area contributed by atoms with Crippen LogP contribution in [-0.2, 0) is 17.3 Å². The van der Waals surface area contributed by atoms with Gasteiger partial charge in [-0.2, -0.15) is 0 Å². The van der Waals surface area contributed by atoms with Crippen LogP contribution in [0.25, 0.3) is 0 Å². The fourth-order valence-electron chi connectivity index (χ4n) is 1.96. The third-order valence-electron chi connectivity index (χ3n) is 3.27. The van der Waals surface area contributed by atoms with Gasteiger partial charge in [0, 0.05) is 47.0 Å². The molecule has 1 N–H and O–H groups in total. The Morgan fingerprint density at radius 1 is 1.10 bits per heavy atom. The Kier molecular flexibility index (Phi) is 7.53. The first-order valence-corrected chi connectivity index (χ1v) is 8.56. The van der Waals surface area contributed by atoms with Gasteiger partial charge in [-0.25, -0.2) is 0 Å². The van der Waals surface area contributed by atoms with Gasteiger partial charge in [-0.1, -0.05) is 0 Å². The number of hydrogen-bond acceptors (Lipinski definition) is 5. The van der Waals surface area contributed by atoms with Crippen molar-refractivity contribution in [1.82, 2.24) is 5.32 Å². The van der Waals surface area contributed by atoms with Crippen LogP contribution >= 0.6 is 0 Å². The molecule has 0 spiro atoms. The van der Waals surface area contributed by atoms with Crippen molar-refractivity contribution in [2.45, 2.75) is 25.9 Å². The standard InChI is InChI=1S/C15H25NO4S/c1-11(6-7-21(5)17)16-10-12-8-14(19-3)15(20-4)9-13(12)18-2/h8-9,11,16H,6-7,10H2,1-5H3. The van der Waals surface area contributed by atoms with Crippen molar-refractivity contribution in [3.8, 4) is 17.2 Å². The minimum atomic E-state index is -0.751. The maximum Gasteiger partial charge on any atom is 0.164 e. The van der Waals surface area contributed by atoms with E-state index in [0.717, 1.165) is 17.7 Å². The molecule has 0 amide bonds. The first kappa shape index (κ1) is 17.8. The third-order valence-corrected chi connectivity index (χ3v) is 4.08. The van der Waals surface area contributed by atoms with Gasteiger partial charge in [0.25, 0.3) is 0 Å². The van der Waals surface area contributed by atoms with Crippen molar-refractivity contribution in [2.75, 3.05) is 33.3 Å². The average molecular weight is 315 g/mol. The minimum Gasteiger partial charge on any atom is -0.496 e. The number of methoxy groups -OCH3 is 3. The van der Waals surface area contributed by atoms with Crippen LogP contribution in [0.5, 0.6) is 17.2 Å². The van der Waals surface area contributed by atoms with Gasteiger partial charge in [-0.05, 0) is 19.4 Å². The lowest BCUT2D eigenvalue weighted by atomic mass is 10.1. The number of ether oxygens (including phenoxy) is 3. The van der Waals surface area contributed by atoms with Gasteiger partial charge in [-0.15, -0.1) is 0 Å². The van der Waals surface area contributed by atoms with E-state index in [2.05, 4.69) is 12.2 Å². The predicted octanol–water partition coefficient (Wildman–Crippen LogP) is 1.96. The van der Waals surface area contributed by atoms with Crippen LogP contribution in [0.3, 0.4) is 0 Å². The molecule has 0 aliphatic carbocycles. The Morgan fingerprint density at radius 3 is 2.19 bits per heavy atom. The van der Waals surface area contributed by atoms with Crippen molar-refractivity contribution in [3.05, 3.63) is 17.7 Å². The molecule has 0 fully saturated rings. The SMILES string of the molecule is COc1cc(OC)c(OC)cc1CNC(C)CCS(C)=O. The molecule has 0 heterocycles. The van der Waals surface area contributed by atoms with Gasteiger partial charge < -0.3 is 19.5 Å². The minimum absolute atomic E-state index is 0.284. The Hall–Kier alpha value is -1.27. The number of rotatable bonds is 9. The second kappa shape index (κ2) is 8.89. The van der Waals surface area contributed by atoms with Gasteiger partial charge in [0.05, 0.1) is 21.3 Å². The fourth-order valence-corrected chi connectivity index (χ4v) is 2.65. The molecule has 0 radical (unpaired) electrons. The Labute approximate surface area is 129 Å². The molecule has 21 heavy (non-hydrogen) atoms. The molecule has 0 aliphatic heterocycles. The molecule has 0 bridgehead atoms. The summed E-state index contributed by atoms with van der Waals surface area (Å²) >= 11 is 0. The van der Waals surface area contributed by atoms with Crippen LogP contribution < -0.4 is 19.5 Å². The highest BCUT2D eigenvalue weighted by molar-refractivity contribution is 7.84. The number of benzene rings is 1. The molecule has 1 aromatic rings. The average Bonchev–Trinajstić information content (AvgIpc) is 2.49. The van der Waals surface area contributed by atoms with E-state index in [0.29, 0.717) is 23.8 Å². The number of hydrogen-bond donors (Lipinski definition) is 1. The Morgan fingerprint density at radius 2 is 1.67 bits per heavy atom. The van der Waals surface area contributed by atoms with Crippen molar-refractivity contribution in [3.63, 3.8) is 0 Å². The summed E-state index contributed by atoms with van der Waals surface area (Å²) in [4.78, 5) is 0. The molecule has 2 unspecified atom stereocenters. The van der Waals surface area contributed by atoms with E-state index in [1.807, 2.05) is 12.1 Å². The van der Waals surface area contributed by atoms with Crippen molar-refractivity contribution >= 4 is 10.8 Å². The molecule has 1 aromatic carbocycles. The topological polar surface area (TPSA) is 56.8 Å². The lowest BCUT2D eigenvalue weighted by Crippen LogP contribution is -2.27. The third kappa shape index (κ3) is 5.55. The zero-order valence-electron chi connectivity index (χ0n) is 13.4. The lowest BCUT2D eigenvalue weighted by Gasteiger charge is -2.17. The largest absolute Gasteiger partial charge is 0.496 e. The molecule has 5 nitrogen and oxygen atoms in total. The van der Waals surface area contributed by atoms with Crippen molar-refractivity contribution < 1.29 is 18.4 Å². The van der Waals surface area contributed by atoms with E-state index in [-0.39, 0.29) is 6.04 Å². The molecule has 1 rings (SSSR count). The smallest absolute Gasteiger partial charge is 0.164 e. The van der Waals surface area contributed by atoms with Crippen LogP contribution in [-0.4, -0.2) is 43.6 Å². The normalized spacial score (nSPS) is 13.6. The maximum atomic E-state index is 11.1. The van der Waals surface area contributed by atoms with Crippen LogP contribution in [0.2, 0.25) is 0 Å². The highest BCUT2D eigenvalue weighted by Crippen LogP contribution is 2.34. The lowest BCUT2D eigenvalue weighted by molar-refractivity contribution is 0.346. The van der Waals surface area contributed by atoms with Crippen LogP contribution in [0.4, 0.5) is 0 Å². The molecule has 6 heteroatoms. The van der Waals surface area contributed by atoms with E-state index in [1.54, 1.807) is 27.6 Å². The summed E-state index contributed by atoms with van der Waals surface area (Å²) in [5.74, 6) is 2.79. The van der Waals surface area contributed by atoms with Crippen LogP contribution in [0.15, 0.2) is 12.1 Å². The Bertz CT molecular complexity index is 479. The first-order valence-electron chi connectivity index (χ1n) is 6.84. The van der Waals surface area contributed by atoms with Crippen LogP contribution in [0.1, 0.15) is 18.9 Å². The van der Waals surface area contributed by atoms with E-state index in [4.69, 9.17) is 14.2 Å². The van der Waals surface area contributed by atoms with Gasteiger partial charge in [0.1, 0.15) is 5.75 Å². The molecule has 120 valence electrons. The molecule has 0 aliphatic rings. The molecular formula is C15H25NO4S. The molecule has 0 aromatic heterocycles. The molecule has 2 atom stereocenters.